The van der Waals surface area contributed by atoms with Gasteiger partial charge < -0.3 is 5.32 Å². The van der Waals surface area contributed by atoms with E-state index in [0.717, 1.165) is 6.54 Å². The van der Waals surface area contributed by atoms with Gasteiger partial charge in [0.1, 0.15) is 0 Å². The molecule has 0 saturated carbocycles. The standard InChI is InChI=1S/C3H8N/c1-3-4-2/h4H,1,3H2,2H3. The Morgan fingerprint density at radius 2 is 2.25 bits per heavy atom. The SMILES string of the molecule is [CH2]CNC. The molecule has 1 radical (unpaired) electrons. The Morgan fingerprint density at radius 1 is 2.00 bits per heavy atom. The molecule has 0 aliphatic rings. The molecule has 1 N–H and O–H groups in total. The molecule has 0 aliphatic heterocycles. The van der Waals surface area contributed by atoms with Gasteiger partial charge in [-0.3, -0.25) is 0 Å². The first-order valence-electron chi connectivity index (χ1n) is 1.35. The predicted molar refractivity (Wildman–Crippen MR) is 19.3 cm³/mol. The fourth-order valence-electron chi connectivity index (χ4n) is 0. The highest BCUT2D eigenvalue weighted by atomic mass is 14.8. The molecule has 0 unspecified atom stereocenters. The highest BCUT2D eigenvalue weighted by molar-refractivity contribution is 4.33. The lowest BCUT2D eigenvalue weighted by Crippen LogP contribution is -2.01. The van der Waals surface area contributed by atoms with Crippen molar-refractivity contribution in [2.24, 2.45) is 0 Å². The average molecular weight is 58.1 g/mol. The van der Waals surface area contributed by atoms with Gasteiger partial charge >= 0.3 is 0 Å². The van der Waals surface area contributed by atoms with Gasteiger partial charge in [-0.2, -0.15) is 0 Å². The molecule has 25 valence electrons. The molecule has 4 heavy (non-hydrogen) atoms. The van der Waals surface area contributed by atoms with E-state index in [1.807, 2.05) is 7.05 Å². The monoisotopic (exact) mass is 58.1 g/mol. The summed E-state index contributed by atoms with van der Waals surface area (Å²) in [4.78, 5) is 0. The molecule has 0 rings (SSSR count). The van der Waals surface area contributed by atoms with E-state index in [2.05, 4.69) is 12.2 Å². The van der Waals surface area contributed by atoms with Gasteiger partial charge in [0, 0.05) is 0 Å². The highest BCUT2D eigenvalue weighted by Crippen LogP contribution is 1.33. The van der Waals surface area contributed by atoms with Crippen LogP contribution in [0.15, 0.2) is 0 Å². The predicted octanol–water partition coefficient (Wildman–Crippen LogP) is 0.0399. The van der Waals surface area contributed by atoms with Crippen LogP contribution in [0.3, 0.4) is 0 Å². The van der Waals surface area contributed by atoms with Crippen molar-refractivity contribution in [3.63, 3.8) is 0 Å². The van der Waals surface area contributed by atoms with Crippen molar-refractivity contribution < 1.29 is 0 Å². The number of hydrogen-bond acceptors (Lipinski definition) is 1. The minimum atomic E-state index is 0.819. The maximum atomic E-state index is 3.49. The summed E-state index contributed by atoms with van der Waals surface area (Å²) < 4.78 is 0. The van der Waals surface area contributed by atoms with Gasteiger partial charge in [0.05, 0.1) is 0 Å². The minimum Gasteiger partial charge on any atom is -0.320 e. The zero-order chi connectivity index (χ0) is 3.41. The summed E-state index contributed by atoms with van der Waals surface area (Å²) in [5.41, 5.74) is 0. The number of hydrogen-bond donors (Lipinski definition) is 1. The summed E-state index contributed by atoms with van der Waals surface area (Å²) in [5, 5.41) is 2.82. The fourth-order valence-corrected chi connectivity index (χ4v) is 0. The second kappa shape index (κ2) is 2.96. The summed E-state index contributed by atoms with van der Waals surface area (Å²) in [5.74, 6) is 0. The summed E-state index contributed by atoms with van der Waals surface area (Å²) in [6, 6.07) is 0. The Balaban J connectivity index is 1.97. The molecule has 0 aromatic heterocycles. The molecule has 0 aromatic carbocycles. The average Bonchev–Trinajstić information content (AvgIpc) is 1.37. The van der Waals surface area contributed by atoms with Crippen LogP contribution in [0.5, 0.6) is 0 Å². The van der Waals surface area contributed by atoms with Crippen molar-refractivity contribution >= 4 is 0 Å². The summed E-state index contributed by atoms with van der Waals surface area (Å²) >= 11 is 0. The van der Waals surface area contributed by atoms with E-state index in [4.69, 9.17) is 0 Å². The van der Waals surface area contributed by atoms with Gasteiger partial charge in [0.2, 0.25) is 0 Å². The lowest BCUT2D eigenvalue weighted by atomic mass is 10.8. The van der Waals surface area contributed by atoms with E-state index in [0.29, 0.717) is 0 Å². The van der Waals surface area contributed by atoms with Crippen molar-refractivity contribution in [1.29, 1.82) is 0 Å². The summed E-state index contributed by atoms with van der Waals surface area (Å²) in [6.45, 7) is 4.31. The maximum Gasteiger partial charge on any atom is -0.00515 e. The fraction of sp³-hybridized carbons (Fsp3) is 0.667. The van der Waals surface area contributed by atoms with E-state index < -0.39 is 0 Å². The van der Waals surface area contributed by atoms with Crippen molar-refractivity contribution in [3.8, 4) is 0 Å². The topological polar surface area (TPSA) is 12.0 Å². The lowest BCUT2D eigenvalue weighted by molar-refractivity contribution is 0.918. The molecule has 0 fully saturated rings. The molecule has 0 aliphatic carbocycles. The Labute approximate surface area is 27.0 Å². The second-order valence-electron chi connectivity index (χ2n) is 0.604. The Morgan fingerprint density at radius 3 is 2.25 bits per heavy atom. The van der Waals surface area contributed by atoms with Crippen LogP contribution in [0.25, 0.3) is 0 Å². The normalized spacial score (nSPS) is 7.50. The smallest absolute Gasteiger partial charge is 0.00515 e. The van der Waals surface area contributed by atoms with Gasteiger partial charge in [-0.1, -0.05) is 0 Å². The van der Waals surface area contributed by atoms with Gasteiger partial charge in [0.15, 0.2) is 0 Å². The van der Waals surface area contributed by atoms with Crippen molar-refractivity contribution in [3.05, 3.63) is 6.92 Å². The molecular formula is C3H8N. The molecule has 0 spiro atoms. The number of nitrogens with one attached hydrogen (secondary N) is 1. The Kier molecular flexibility index (Phi) is 2.93. The van der Waals surface area contributed by atoms with E-state index in [-0.39, 0.29) is 0 Å². The third-order valence-electron chi connectivity index (χ3n) is 0.250. The van der Waals surface area contributed by atoms with Crippen molar-refractivity contribution in [1.82, 2.24) is 5.32 Å². The van der Waals surface area contributed by atoms with Crippen LogP contribution in [0.4, 0.5) is 0 Å². The van der Waals surface area contributed by atoms with Crippen LogP contribution in [0.2, 0.25) is 0 Å². The summed E-state index contributed by atoms with van der Waals surface area (Å²) in [7, 11) is 1.87. The van der Waals surface area contributed by atoms with Crippen molar-refractivity contribution in [2.75, 3.05) is 13.6 Å². The van der Waals surface area contributed by atoms with Crippen LogP contribution in [-0.4, -0.2) is 13.6 Å². The second-order valence-corrected chi connectivity index (χ2v) is 0.604. The van der Waals surface area contributed by atoms with Crippen LogP contribution in [0.1, 0.15) is 0 Å². The number of rotatable bonds is 1. The first-order valence-corrected chi connectivity index (χ1v) is 1.35. The molecular weight excluding hydrogens is 50.0 g/mol. The first kappa shape index (κ1) is 3.96. The molecule has 0 atom stereocenters. The van der Waals surface area contributed by atoms with E-state index >= 15 is 0 Å². The first-order chi connectivity index (χ1) is 1.91. The van der Waals surface area contributed by atoms with Crippen molar-refractivity contribution in [2.45, 2.75) is 0 Å². The van der Waals surface area contributed by atoms with E-state index in [9.17, 15) is 0 Å². The van der Waals surface area contributed by atoms with Crippen LogP contribution in [0, 0.1) is 6.92 Å². The van der Waals surface area contributed by atoms with Gasteiger partial charge in [0.25, 0.3) is 0 Å². The van der Waals surface area contributed by atoms with E-state index in [1.54, 1.807) is 0 Å². The van der Waals surface area contributed by atoms with Gasteiger partial charge in [-0.25, -0.2) is 0 Å². The lowest BCUT2D eigenvalue weighted by Gasteiger charge is -1.75. The maximum absolute atomic E-state index is 3.49. The van der Waals surface area contributed by atoms with Crippen LogP contribution in [-0.2, 0) is 0 Å². The van der Waals surface area contributed by atoms with Crippen LogP contribution < -0.4 is 5.32 Å². The zero-order valence-corrected chi connectivity index (χ0v) is 2.91. The molecule has 0 saturated heterocycles. The molecule has 1 heteroatoms. The quantitative estimate of drug-likeness (QED) is 0.449. The third-order valence-corrected chi connectivity index (χ3v) is 0.250. The third kappa shape index (κ3) is 1.96. The largest absolute Gasteiger partial charge is 0.320 e. The Hall–Kier alpha value is -0.0400. The highest BCUT2D eigenvalue weighted by Gasteiger charge is 1.50. The minimum absolute atomic E-state index is 0.819. The summed E-state index contributed by atoms with van der Waals surface area (Å²) in [6.07, 6.45) is 0. The van der Waals surface area contributed by atoms with Gasteiger partial charge in [-0.15, -0.1) is 0 Å². The van der Waals surface area contributed by atoms with Gasteiger partial charge in [-0.05, 0) is 20.5 Å². The molecule has 0 aromatic rings. The molecule has 0 amide bonds. The zero-order valence-electron chi connectivity index (χ0n) is 2.91. The van der Waals surface area contributed by atoms with E-state index in [1.165, 1.54) is 0 Å². The van der Waals surface area contributed by atoms with Crippen LogP contribution >= 0.6 is 0 Å². The molecule has 1 nitrogen and oxygen atoms in total. The Bertz CT molecular complexity index is 5.25. The molecule has 0 bridgehead atoms. The molecule has 0 heterocycles.